The normalized spacial score (nSPS) is 30.3. The van der Waals surface area contributed by atoms with Gasteiger partial charge >= 0.3 is 6.18 Å². The fraction of sp³-hybridized carbons (Fsp3) is 0.923. The average molecular weight is 293 g/mol. The summed E-state index contributed by atoms with van der Waals surface area (Å²) in [5.41, 5.74) is 0. The lowest BCUT2D eigenvalue weighted by atomic mass is 9.96. The van der Waals surface area contributed by atoms with E-state index in [1.165, 1.54) is 4.90 Å². The van der Waals surface area contributed by atoms with Crippen LogP contribution in [0.1, 0.15) is 19.8 Å². The lowest BCUT2D eigenvalue weighted by Crippen LogP contribution is -2.61. The third kappa shape index (κ3) is 3.85. The third-order valence-electron chi connectivity index (χ3n) is 4.20. The van der Waals surface area contributed by atoms with Crippen LogP contribution >= 0.6 is 0 Å². The molecule has 0 aliphatic carbocycles. The quantitative estimate of drug-likeness (QED) is 0.846. The highest BCUT2D eigenvalue weighted by Gasteiger charge is 2.46. The fourth-order valence-corrected chi connectivity index (χ4v) is 3.12. The van der Waals surface area contributed by atoms with Crippen molar-refractivity contribution in [2.24, 2.45) is 5.92 Å². The Morgan fingerprint density at radius 1 is 1.40 bits per heavy atom. The molecule has 2 aliphatic heterocycles. The third-order valence-corrected chi connectivity index (χ3v) is 4.20. The van der Waals surface area contributed by atoms with Crippen LogP contribution in [0.5, 0.6) is 0 Å². The van der Waals surface area contributed by atoms with Crippen molar-refractivity contribution in [2.75, 3.05) is 39.3 Å². The molecular formula is C13H22F3N3O. The molecule has 20 heavy (non-hydrogen) atoms. The number of carbonyl (C=O) groups excluding carboxylic acids is 1. The van der Waals surface area contributed by atoms with Crippen molar-refractivity contribution in [3.63, 3.8) is 0 Å². The summed E-state index contributed by atoms with van der Waals surface area (Å²) >= 11 is 0. The van der Waals surface area contributed by atoms with Gasteiger partial charge in [-0.1, -0.05) is 6.92 Å². The second kappa shape index (κ2) is 6.30. The highest BCUT2D eigenvalue weighted by molar-refractivity contribution is 5.78. The molecule has 2 unspecified atom stereocenters. The van der Waals surface area contributed by atoms with Crippen molar-refractivity contribution < 1.29 is 18.0 Å². The molecule has 2 heterocycles. The molecule has 116 valence electrons. The first kappa shape index (κ1) is 15.6. The van der Waals surface area contributed by atoms with E-state index in [9.17, 15) is 18.0 Å². The molecule has 2 aliphatic rings. The summed E-state index contributed by atoms with van der Waals surface area (Å²) in [5.74, 6) is -0.0897. The molecule has 0 saturated carbocycles. The van der Waals surface area contributed by atoms with Gasteiger partial charge in [-0.15, -0.1) is 0 Å². The van der Waals surface area contributed by atoms with Crippen molar-refractivity contribution in [2.45, 2.75) is 32.0 Å². The van der Waals surface area contributed by atoms with E-state index in [2.05, 4.69) is 17.1 Å². The molecule has 1 amide bonds. The summed E-state index contributed by atoms with van der Waals surface area (Å²) in [6, 6.07) is -1.54. The summed E-state index contributed by atoms with van der Waals surface area (Å²) < 4.78 is 39.0. The van der Waals surface area contributed by atoms with Crippen molar-refractivity contribution >= 4 is 5.91 Å². The predicted molar refractivity (Wildman–Crippen MR) is 69.3 cm³/mol. The van der Waals surface area contributed by atoms with Gasteiger partial charge in [0.1, 0.15) is 6.04 Å². The number of carbonyl (C=O) groups is 1. The molecule has 0 aromatic heterocycles. The summed E-state index contributed by atoms with van der Waals surface area (Å²) in [5, 5.41) is 2.31. The second-order valence-corrected chi connectivity index (χ2v) is 5.69. The molecule has 0 radical (unpaired) electrons. The van der Waals surface area contributed by atoms with E-state index >= 15 is 0 Å². The summed E-state index contributed by atoms with van der Waals surface area (Å²) in [6.07, 6.45) is -2.32. The molecule has 0 aromatic carbocycles. The topological polar surface area (TPSA) is 35.6 Å². The Kier molecular flexibility index (Phi) is 4.90. The molecule has 2 saturated heterocycles. The maximum absolute atomic E-state index is 13.0. The van der Waals surface area contributed by atoms with Gasteiger partial charge in [-0.25, -0.2) is 0 Å². The van der Waals surface area contributed by atoms with Crippen molar-refractivity contribution in [3.8, 4) is 0 Å². The molecule has 7 heteroatoms. The van der Waals surface area contributed by atoms with Crippen LogP contribution in [0.4, 0.5) is 13.2 Å². The van der Waals surface area contributed by atoms with Crippen molar-refractivity contribution in [1.29, 1.82) is 0 Å². The standard InChI is InChI=1S/C13H22F3N3O/c1-2-18-5-3-4-10(7-18)8-19-9-12(20)17-6-11(19)13(14,15)16/h10-11H,2-9H2,1H3,(H,17,20). The molecule has 1 N–H and O–H groups in total. The Hall–Kier alpha value is -0.820. The minimum atomic E-state index is -4.28. The maximum atomic E-state index is 13.0. The van der Waals surface area contributed by atoms with Crippen LogP contribution in [0.3, 0.4) is 0 Å². The van der Waals surface area contributed by atoms with E-state index in [0.29, 0.717) is 6.54 Å². The summed E-state index contributed by atoms with van der Waals surface area (Å²) in [6.45, 7) is 4.73. The van der Waals surface area contributed by atoms with Crippen LogP contribution in [0.2, 0.25) is 0 Å². The Morgan fingerprint density at radius 3 is 2.80 bits per heavy atom. The molecular weight excluding hydrogens is 271 g/mol. The minimum absolute atomic E-state index is 0.146. The largest absolute Gasteiger partial charge is 0.405 e. The minimum Gasteiger partial charge on any atom is -0.353 e. The van der Waals surface area contributed by atoms with Gasteiger partial charge < -0.3 is 10.2 Å². The smallest absolute Gasteiger partial charge is 0.353 e. The number of piperidine rings is 1. The zero-order valence-electron chi connectivity index (χ0n) is 11.7. The predicted octanol–water partition coefficient (Wildman–Crippen LogP) is 1.08. The molecule has 4 nitrogen and oxygen atoms in total. The Morgan fingerprint density at radius 2 is 2.15 bits per heavy atom. The van der Waals surface area contributed by atoms with Gasteiger partial charge in [0, 0.05) is 19.6 Å². The Balaban J connectivity index is 1.98. The van der Waals surface area contributed by atoms with E-state index in [4.69, 9.17) is 0 Å². The van der Waals surface area contributed by atoms with E-state index in [1.54, 1.807) is 0 Å². The summed E-state index contributed by atoms with van der Waals surface area (Å²) in [4.78, 5) is 15.0. The highest BCUT2D eigenvalue weighted by atomic mass is 19.4. The van der Waals surface area contributed by atoms with E-state index in [-0.39, 0.29) is 24.9 Å². The monoisotopic (exact) mass is 293 g/mol. The number of alkyl halides is 3. The van der Waals surface area contributed by atoms with Gasteiger partial charge in [-0.2, -0.15) is 13.2 Å². The Bertz CT molecular complexity index is 348. The summed E-state index contributed by atoms with van der Waals surface area (Å²) in [7, 11) is 0. The number of halogens is 3. The zero-order chi connectivity index (χ0) is 14.8. The fourth-order valence-electron chi connectivity index (χ4n) is 3.12. The number of likely N-dealkylation sites (tertiary alicyclic amines) is 1. The second-order valence-electron chi connectivity index (χ2n) is 5.69. The number of nitrogens with one attached hydrogen (secondary N) is 1. The number of hydrogen-bond donors (Lipinski definition) is 1. The van der Waals surface area contributed by atoms with Crippen LogP contribution in [-0.2, 0) is 4.79 Å². The molecule has 0 aromatic rings. The van der Waals surface area contributed by atoms with Gasteiger partial charge in [0.2, 0.25) is 5.91 Å². The van der Waals surface area contributed by atoms with E-state index in [1.807, 2.05) is 0 Å². The first-order chi connectivity index (χ1) is 9.40. The van der Waals surface area contributed by atoms with E-state index in [0.717, 1.165) is 32.5 Å². The first-order valence-electron chi connectivity index (χ1n) is 7.20. The van der Waals surface area contributed by atoms with Gasteiger partial charge in [0.05, 0.1) is 6.54 Å². The van der Waals surface area contributed by atoms with Gasteiger partial charge in [-0.05, 0) is 31.8 Å². The molecule has 2 fully saturated rings. The number of piperazine rings is 1. The zero-order valence-corrected chi connectivity index (χ0v) is 11.7. The van der Waals surface area contributed by atoms with Crippen LogP contribution in [-0.4, -0.2) is 67.2 Å². The van der Waals surface area contributed by atoms with Crippen molar-refractivity contribution in [1.82, 2.24) is 15.1 Å². The molecule has 0 bridgehead atoms. The molecule has 0 spiro atoms. The molecule has 2 rings (SSSR count). The van der Waals surface area contributed by atoms with Crippen LogP contribution in [0.15, 0.2) is 0 Å². The van der Waals surface area contributed by atoms with Crippen LogP contribution in [0, 0.1) is 5.92 Å². The van der Waals surface area contributed by atoms with Crippen LogP contribution in [0.25, 0.3) is 0 Å². The number of nitrogens with zero attached hydrogens (tertiary/aromatic N) is 2. The first-order valence-corrected chi connectivity index (χ1v) is 7.20. The maximum Gasteiger partial charge on any atom is 0.405 e. The SMILES string of the molecule is CCN1CCCC(CN2CC(=O)NCC2C(F)(F)F)C1. The highest BCUT2D eigenvalue weighted by Crippen LogP contribution is 2.28. The number of amides is 1. The van der Waals surface area contributed by atoms with Gasteiger partial charge in [0.15, 0.2) is 0 Å². The van der Waals surface area contributed by atoms with Crippen molar-refractivity contribution in [3.05, 3.63) is 0 Å². The number of hydrogen-bond acceptors (Lipinski definition) is 3. The molecule has 2 atom stereocenters. The lowest BCUT2D eigenvalue weighted by molar-refractivity contribution is -0.190. The van der Waals surface area contributed by atoms with Crippen LogP contribution < -0.4 is 5.32 Å². The van der Waals surface area contributed by atoms with E-state index < -0.39 is 12.2 Å². The Labute approximate surface area is 117 Å². The lowest BCUT2D eigenvalue weighted by Gasteiger charge is -2.40. The van der Waals surface area contributed by atoms with Gasteiger partial charge in [0.25, 0.3) is 0 Å². The number of rotatable bonds is 3. The average Bonchev–Trinajstić information content (AvgIpc) is 2.37. The van der Waals surface area contributed by atoms with Gasteiger partial charge in [-0.3, -0.25) is 9.69 Å².